The molecule has 1 aliphatic carbocycles. The first-order valence-corrected chi connectivity index (χ1v) is 6.33. The fourth-order valence-electron chi connectivity index (χ4n) is 2.00. The zero-order valence-corrected chi connectivity index (χ0v) is 11.0. The Morgan fingerprint density at radius 2 is 2.10 bits per heavy atom. The van der Waals surface area contributed by atoms with E-state index in [0.29, 0.717) is 0 Å². The molecule has 21 heavy (non-hydrogen) atoms. The summed E-state index contributed by atoms with van der Waals surface area (Å²) in [6, 6.07) is 2.55. The Hall–Kier alpha value is -2.51. The number of nitro groups is 1. The van der Waals surface area contributed by atoms with Crippen LogP contribution in [0.1, 0.15) is 23.2 Å². The van der Waals surface area contributed by atoms with E-state index in [1.54, 1.807) is 0 Å². The van der Waals surface area contributed by atoms with Crippen molar-refractivity contribution in [3.8, 4) is 0 Å². The molecule has 7 nitrogen and oxygen atoms in total. The van der Waals surface area contributed by atoms with Gasteiger partial charge in [-0.25, -0.2) is 4.39 Å². The van der Waals surface area contributed by atoms with Gasteiger partial charge in [-0.2, -0.15) is 0 Å². The number of hydrogen-bond acceptors (Lipinski definition) is 4. The summed E-state index contributed by atoms with van der Waals surface area (Å²) in [4.78, 5) is 34.3. The Balaban J connectivity index is 2.32. The molecule has 112 valence electrons. The quantitative estimate of drug-likeness (QED) is 0.635. The highest BCUT2D eigenvalue weighted by atomic mass is 19.1. The van der Waals surface area contributed by atoms with Gasteiger partial charge in [-0.3, -0.25) is 19.7 Å². The first kappa shape index (κ1) is 14.9. The molecule has 2 rings (SSSR count). The molecular formula is C13H13FN2O5. The molecule has 1 aromatic rings. The predicted octanol–water partition coefficient (Wildman–Crippen LogP) is 1.67. The van der Waals surface area contributed by atoms with Gasteiger partial charge in [0.05, 0.1) is 4.92 Å². The van der Waals surface area contributed by atoms with Crippen molar-refractivity contribution in [1.82, 2.24) is 4.90 Å². The minimum atomic E-state index is -1.22. The van der Waals surface area contributed by atoms with Gasteiger partial charge in [-0.05, 0) is 30.9 Å². The van der Waals surface area contributed by atoms with E-state index in [2.05, 4.69) is 0 Å². The molecule has 0 unspecified atom stereocenters. The van der Waals surface area contributed by atoms with Crippen LogP contribution in [0, 0.1) is 21.8 Å². The van der Waals surface area contributed by atoms with Crippen LogP contribution in [0.5, 0.6) is 0 Å². The Morgan fingerprint density at radius 3 is 2.62 bits per heavy atom. The van der Waals surface area contributed by atoms with Gasteiger partial charge in [-0.15, -0.1) is 0 Å². The third kappa shape index (κ3) is 3.74. The van der Waals surface area contributed by atoms with Crippen molar-refractivity contribution in [3.05, 3.63) is 39.7 Å². The second kappa shape index (κ2) is 5.86. The average Bonchev–Trinajstić information content (AvgIpc) is 3.20. The van der Waals surface area contributed by atoms with E-state index >= 15 is 0 Å². The topological polar surface area (TPSA) is 101 Å². The van der Waals surface area contributed by atoms with Crippen LogP contribution in [0.2, 0.25) is 0 Å². The van der Waals surface area contributed by atoms with Gasteiger partial charge in [0.25, 0.3) is 11.6 Å². The zero-order chi connectivity index (χ0) is 15.6. The molecule has 0 saturated heterocycles. The molecule has 1 fully saturated rings. The summed E-state index contributed by atoms with van der Waals surface area (Å²) in [6.45, 7) is -0.359. The lowest BCUT2D eigenvalue weighted by Gasteiger charge is -2.20. The number of hydrogen-bond donors (Lipinski definition) is 1. The van der Waals surface area contributed by atoms with Crippen molar-refractivity contribution in [1.29, 1.82) is 0 Å². The lowest BCUT2D eigenvalue weighted by atomic mass is 10.1. The fraction of sp³-hybridized carbons (Fsp3) is 0.385. The van der Waals surface area contributed by atoms with Crippen LogP contribution in [0.3, 0.4) is 0 Å². The van der Waals surface area contributed by atoms with E-state index in [4.69, 9.17) is 5.11 Å². The molecule has 1 amide bonds. The van der Waals surface area contributed by atoms with Gasteiger partial charge >= 0.3 is 5.97 Å². The molecular weight excluding hydrogens is 283 g/mol. The molecule has 0 spiro atoms. The van der Waals surface area contributed by atoms with Crippen molar-refractivity contribution in [2.75, 3.05) is 13.1 Å². The normalized spacial score (nSPS) is 13.8. The van der Waals surface area contributed by atoms with Crippen LogP contribution in [0.4, 0.5) is 10.1 Å². The molecule has 0 atom stereocenters. The third-order valence-corrected chi connectivity index (χ3v) is 3.17. The number of carboxylic acid groups (broad SMARTS) is 1. The summed E-state index contributed by atoms with van der Waals surface area (Å²) >= 11 is 0. The third-order valence-electron chi connectivity index (χ3n) is 3.17. The molecule has 0 radical (unpaired) electrons. The van der Waals surface area contributed by atoms with Gasteiger partial charge in [0.1, 0.15) is 17.9 Å². The monoisotopic (exact) mass is 296 g/mol. The van der Waals surface area contributed by atoms with Gasteiger partial charge in [-0.1, -0.05) is 0 Å². The van der Waals surface area contributed by atoms with Crippen LogP contribution in [0.15, 0.2) is 18.2 Å². The smallest absolute Gasteiger partial charge is 0.323 e. The standard InChI is InChI=1S/C13H13FN2O5/c14-9-3-4-11(16(20)21)10(5-9)13(19)15(7-12(17)18)6-8-1-2-8/h3-5,8H,1-2,6-7H2,(H,17,18). The maximum absolute atomic E-state index is 13.3. The molecule has 1 N–H and O–H groups in total. The van der Waals surface area contributed by atoms with E-state index in [0.717, 1.165) is 35.9 Å². The minimum absolute atomic E-state index is 0.207. The number of rotatable bonds is 6. The number of nitrogens with zero attached hydrogens (tertiary/aromatic N) is 2. The maximum atomic E-state index is 13.3. The largest absolute Gasteiger partial charge is 0.480 e. The number of carbonyl (C=O) groups excluding carboxylic acids is 1. The highest BCUT2D eigenvalue weighted by Gasteiger charge is 2.31. The van der Waals surface area contributed by atoms with Crippen LogP contribution < -0.4 is 0 Å². The van der Waals surface area contributed by atoms with Crippen molar-refractivity contribution in [3.63, 3.8) is 0 Å². The second-order valence-corrected chi connectivity index (χ2v) is 4.94. The number of halogens is 1. The zero-order valence-electron chi connectivity index (χ0n) is 11.0. The molecule has 8 heteroatoms. The summed E-state index contributed by atoms with van der Waals surface area (Å²) in [5.41, 5.74) is -0.963. The Morgan fingerprint density at radius 1 is 1.43 bits per heavy atom. The van der Waals surface area contributed by atoms with Gasteiger partial charge in [0, 0.05) is 12.6 Å². The number of aliphatic carboxylic acids is 1. The maximum Gasteiger partial charge on any atom is 0.323 e. The molecule has 0 aliphatic heterocycles. The Bertz CT molecular complexity index is 600. The van der Waals surface area contributed by atoms with Gasteiger partial charge < -0.3 is 10.0 Å². The first-order chi connectivity index (χ1) is 9.88. The second-order valence-electron chi connectivity index (χ2n) is 4.94. The van der Waals surface area contributed by atoms with E-state index in [1.165, 1.54) is 0 Å². The van der Waals surface area contributed by atoms with Crippen LogP contribution in [-0.4, -0.2) is 39.9 Å². The molecule has 1 saturated carbocycles. The summed E-state index contributed by atoms with van der Waals surface area (Å²) < 4.78 is 13.3. The summed E-state index contributed by atoms with van der Waals surface area (Å²) in [6.07, 6.45) is 1.77. The number of nitro benzene ring substituents is 1. The van der Waals surface area contributed by atoms with E-state index in [-0.39, 0.29) is 12.5 Å². The SMILES string of the molecule is O=C(O)CN(CC1CC1)C(=O)c1cc(F)ccc1[N+](=O)[O-]. The molecule has 0 heterocycles. The number of carbonyl (C=O) groups is 2. The van der Waals surface area contributed by atoms with Gasteiger partial charge in [0.15, 0.2) is 0 Å². The van der Waals surface area contributed by atoms with Gasteiger partial charge in [0.2, 0.25) is 0 Å². The summed E-state index contributed by atoms with van der Waals surface area (Å²) in [5.74, 6) is -2.63. The van der Waals surface area contributed by atoms with Crippen molar-refractivity contribution >= 4 is 17.6 Å². The highest BCUT2D eigenvalue weighted by molar-refractivity contribution is 5.99. The summed E-state index contributed by atoms with van der Waals surface area (Å²) in [7, 11) is 0. The van der Waals surface area contributed by atoms with Crippen molar-refractivity contribution in [2.45, 2.75) is 12.8 Å². The Labute approximate surface area is 119 Å². The molecule has 1 aromatic carbocycles. The Kier molecular flexibility index (Phi) is 4.15. The van der Waals surface area contributed by atoms with Crippen LogP contribution in [0.25, 0.3) is 0 Å². The van der Waals surface area contributed by atoms with Crippen LogP contribution in [-0.2, 0) is 4.79 Å². The minimum Gasteiger partial charge on any atom is -0.480 e. The summed E-state index contributed by atoms with van der Waals surface area (Å²) in [5, 5.41) is 19.8. The molecule has 0 aromatic heterocycles. The predicted molar refractivity (Wildman–Crippen MR) is 69.3 cm³/mol. The van der Waals surface area contributed by atoms with E-state index < -0.39 is 40.4 Å². The number of amides is 1. The molecule has 1 aliphatic rings. The first-order valence-electron chi connectivity index (χ1n) is 6.33. The van der Waals surface area contributed by atoms with Crippen molar-refractivity contribution < 1.29 is 24.0 Å². The average molecular weight is 296 g/mol. The number of carboxylic acids is 1. The highest BCUT2D eigenvalue weighted by Crippen LogP contribution is 2.31. The number of benzene rings is 1. The molecule has 0 bridgehead atoms. The lowest BCUT2D eigenvalue weighted by molar-refractivity contribution is -0.385. The fourth-order valence-corrected chi connectivity index (χ4v) is 2.00. The van der Waals surface area contributed by atoms with E-state index in [9.17, 15) is 24.1 Å². The van der Waals surface area contributed by atoms with Crippen molar-refractivity contribution in [2.24, 2.45) is 5.92 Å². The lowest BCUT2D eigenvalue weighted by Crippen LogP contribution is -2.37. The van der Waals surface area contributed by atoms with E-state index in [1.807, 2.05) is 0 Å². The van der Waals surface area contributed by atoms with Crippen LogP contribution >= 0.6 is 0 Å².